The Bertz CT molecular complexity index is 880. The van der Waals surface area contributed by atoms with Gasteiger partial charge in [0.25, 0.3) is 5.91 Å². The number of carboxylic acid groups (broad SMARTS) is 1. The van der Waals surface area contributed by atoms with Gasteiger partial charge in [-0.05, 0) is 12.1 Å². The molecule has 0 saturated heterocycles. The lowest BCUT2D eigenvalue weighted by Crippen LogP contribution is -2.14. The summed E-state index contributed by atoms with van der Waals surface area (Å²) in [6.45, 7) is 0.217. The fourth-order valence-electron chi connectivity index (χ4n) is 2.24. The van der Waals surface area contributed by atoms with E-state index in [4.69, 9.17) is 5.11 Å². The van der Waals surface area contributed by atoms with Gasteiger partial charge in [-0.1, -0.05) is 12.1 Å². The highest BCUT2D eigenvalue weighted by molar-refractivity contribution is 6.03. The van der Waals surface area contributed by atoms with Crippen LogP contribution in [0.25, 0.3) is 11.0 Å². The summed E-state index contributed by atoms with van der Waals surface area (Å²) in [6, 6.07) is 7.58. The Morgan fingerprint density at radius 1 is 1.30 bits per heavy atom. The number of nitrogens with zero attached hydrogens (tertiary/aromatic N) is 4. The molecule has 0 saturated carbocycles. The second kappa shape index (κ2) is 5.91. The van der Waals surface area contributed by atoms with E-state index in [1.54, 1.807) is 4.57 Å². The number of aliphatic carboxylic acids is 1. The smallest absolute Gasteiger partial charge is 0.305 e. The summed E-state index contributed by atoms with van der Waals surface area (Å²) in [6.07, 6.45) is 2.87. The van der Waals surface area contributed by atoms with Crippen LogP contribution in [-0.2, 0) is 18.4 Å². The summed E-state index contributed by atoms with van der Waals surface area (Å²) in [4.78, 5) is 27.2. The van der Waals surface area contributed by atoms with E-state index in [0.29, 0.717) is 11.5 Å². The van der Waals surface area contributed by atoms with Crippen molar-refractivity contribution in [3.8, 4) is 0 Å². The normalized spacial score (nSPS) is 10.8. The summed E-state index contributed by atoms with van der Waals surface area (Å²) in [5.74, 6) is -0.814. The summed E-state index contributed by atoms with van der Waals surface area (Å²) < 4.78 is 3.22. The number of amides is 1. The van der Waals surface area contributed by atoms with Crippen molar-refractivity contribution in [3.05, 3.63) is 42.2 Å². The standard InChI is InChI=1S/C15H15N5O3/c1-19-12-5-3-2-4-11(12)17-15(19)18-14(23)10-8-16-20(9-10)7-6-13(21)22/h2-5,8-9H,6-7H2,1H3,(H,21,22)(H,17,18,23). The zero-order chi connectivity index (χ0) is 16.4. The van der Waals surface area contributed by atoms with E-state index in [1.165, 1.54) is 17.1 Å². The van der Waals surface area contributed by atoms with Gasteiger partial charge in [-0.25, -0.2) is 4.98 Å². The molecule has 0 unspecified atom stereocenters. The predicted octanol–water partition coefficient (Wildman–Crippen LogP) is 1.50. The molecule has 0 radical (unpaired) electrons. The Kier molecular flexibility index (Phi) is 3.80. The van der Waals surface area contributed by atoms with E-state index in [1.807, 2.05) is 31.3 Å². The topological polar surface area (TPSA) is 102 Å². The number of benzene rings is 1. The lowest BCUT2D eigenvalue weighted by Gasteiger charge is -2.03. The van der Waals surface area contributed by atoms with Crippen molar-refractivity contribution in [2.24, 2.45) is 7.05 Å². The van der Waals surface area contributed by atoms with Gasteiger partial charge in [0.2, 0.25) is 5.95 Å². The molecule has 0 aliphatic heterocycles. The quantitative estimate of drug-likeness (QED) is 0.743. The third kappa shape index (κ3) is 3.05. The molecule has 0 aliphatic rings. The second-order valence-electron chi connectivity index (χ2n) is 5.07. The van der Waals surface area contributed by atoms with E-state index >= 15 is 0 Å². The van der Waals surface area contributed by atoms with Crippen molar-refractivity contribution in [1.29, 1.82) is 0 Å². The van der Waals surface area contributed by atoms with Crippen LogP contribution < -0.4 is 5.32 Å². The molecule has 0 bridgehead atoms. The molecule has 0 spiro atoms. The molecule has 1 amide bonds. The number of hydrogen-bond donors (Lipinski definition) is 2. The molecule has 3 aromatic rings. The fraction of sp³-hybridized carbons (Fsp3) is 0.200. The van der Waals surface area contributed by atoms with Crippen LogP contribution >= 0.6 is 0 Å². The maximum atomic E-state index is 12.3. The zero-order valence-corrected chi connectivity index (χ0v) is 12.4. The Balaban J connectivity index is 1.75. The minimum Gasteiger partial charge on any atom is -0.481 e. The van der Waals surface area contributed by atoms with Gasteiger partial charge >= 0.3 is 5.97 Å². The fourth-order valence-corrected chi connectivity index (χ4v) is 2.24. The first-order chi connectivity index (χ1) is 11.0. The highest BCUT2D eigenvalue weighted by atomic mass is 16.4. The third-order valence-electron chi connectivity index (χ3n) is 3.46. The van der Waals surface area contributed by atoms with Crippen LogP contribution in [0.4, 0.5) is 5.95 Å². The molecule has 0 atom stereocenters. The van der Waals surface area contributed by atoms with Crippen LogP contribution in [0.2, 0.25) is 0 Å². The molecule has 8 heteroatoms. The molecule has 8 nitrogen and oxygen atoms in total. The minimum absolute atomic E-state index is 0.0481. The van der Waals surface area contributed by atoms with Crippen molar-refractivity contribution in [1.82, 2.24) is 19.3 Å². The summed E-state index contributed by atoms with van der Waals surface area (Å²) >= 11 is 0. The molecule has 2 N–H and O–H groups in total. The number of aromatic nitrogens is 4. The number of carbonyl (C=O) groups excluding carboxylic acids is 1. The highest BCUT2D eigenvalue weighted by Gasteiger charge is 2.14. The molecule has 23 heavy (non-hydrogen) atoms. The molecule has 2 heterocycles. The summed E-state index contributed by atoms with van der Waals surface area (Å²) in [5, 5.41) is 15.4. The largest absolute Gasteiger partial charge is 0.481 e. The number of carboxylic acids is 1. The zero-order valence-electron chi connectivity index (χ0n) is 12.4. The van der Waals surface area contributed by atoms with Gasteiger partial charge in [-0.2, -0.15) is 5.10 Å². The number of imidazole rings is 1. The number of aryl methyl sites for hydroxylation is 2. The predicted molar refractivity (Wildman–Crippen MR) is 83.1 cm³/mol. The van der Waals surface area contributed by atoms with Gasteiger partial charge in [0, 0.05) is 13.2 Å². The number of carbonyl (C=O) groups is 2. The van der Waals surface area contributed by atoms with Crippen LogP contribution in [0.15, 0.2) is 36.7 Å². The monoisotopic (exact) mass is 313 g/mol. The summed E-state index contributed by atoms with van der Waals surface area (Å²) in [7, 11) is 1.82. The molecular formula is C15H15N5O3. The van der Waals surface area contributed by atoms with Crippen molar-refractivity contribution < 1.29 is 14.7 Å². The molecule has 1 aromatic carbocycles. The van der Waals surface area contributed by atoms with Gasteiger partial charge < -0.3 is 9.67 Å². The van der Waals surface area contributed by atoms with E-state index in [-0.39, 0.29) is 18.9 Å². The van der Waals surface area contributed by atoms with Gasteiger partial charge in [-0.15, -0.1) is 0 Å². The van der Waals surface area contributed by atoms with Crippen LogP contribution in [-0.4, -0.2) is 36.3 Å². The van der Waals surface area contributed by atoms with E-state index in [0.717, 1.165) is 11.0 Å². The molecule has 0 aliphatic carbocycles. The maximum absolute atomic E-state index is 12.3. The average Bonchev–Trinajstić information content (AvgIpc) is 3.12. The number of anilines is 1. The lowest BCUT2D eigenvalue weighted by atomic mass is 10.3. The number of para-hydroxylation sites is 2. The molecule has 3 rings (SSSR count). The van der Waals surface area contributed by atoms with Crippen LogP contribution in [0.1, 0.15) is 16.8 Å². The third-order valence-corrected chi connectivity index (χ3v) is 3.46. The Labute approximate surface area is 131 Å². The van der Waals surface area contributed by atoms with Crippen LogP contribution in [0.3, 0.4) is 0 Å². The van der Waals surface area contributed by atoms with E-state index in [2.05, 4.69) is 15.4 Å². The van der Waals surface area contributed by atoms with Crippen LogP contribution in [0.5, 0.6) is 0 Å². The van der Waals surface area contributed by atoms with E-state index in [9.17, 15) is 9.59 Å². The Morgan fingerprint density at radius 2 is 2.09 bits per heavy atom. The van der Waals surface area contributed by atoms with Gasteiger partial charge in [0.05, 0.1) is 35.8 Å². The first-order valence-electron chi connectivity index (χ1n) is 7.01. The van der Waals surface area contributed by atoms with Gasteiger partial charge in [-0.3, -0.25) is 19.6 Å². The number of hydrogen-bond acceptors (Lipinski definition) is 4. The van der Waals surface area contributed by atoms with Crippen molar-refractivity contribution >= 4 is 28.9 Å². The Morgan fingerprint density at radius 3 is 2.83 bits per heavy atom. The number of nitrogens with one attached hydrogen (secondary N) is 1. The van der Waals surface area contributed by atoms with E-state index < -0.39 is 5.97 Å². The molecule has 0 fully saturated rings. The van der Waals surface area contributed by atoms with Crippen molar-refractivity contribution in [2.45, 2.75) is 13.0 Å². The van der Waals surface area contributed by atoms with Crippen LogP contribution in [0, 0.1) is 0 Å². The van der Waals surface area contributed by atoms with Crippen molar-refractivity contribution in [2.75, 3.05) is 5.32 Å². The Hall–Kier alpha value is -3.16. The lowest BCUT2D eigenvalue weighted by molar-refractivity contribution is -0.137. The SMILES string of the molecule is Cn1c(NC(=O)c2cnn(CCC(=O)O)c2)nc2ccccc21. The number of rotatable bonds is 5. The minimum atomic E-state index is -0.911. The first-order valence-corrected chi connectivity index (χ1v) is 7.01. The average molecular weight is 313 g/mol. The molecular weight excluding hydrogens is 298 g/mol. The van der Waals surface area contributed by atoms with Gasteiger partial charge in [0.15, 0.2) is 0 Å². The summed E-state index contributed by atoms with van der Waals surface area (Å²) in [5.41, 5.74) is 2.06. The van der Waals surface area contributed by atoms with Crippen molar-refractivity contribution in [3.63, 3.8) is 0 Å². The molecule has 2 aromatic heterocycles. The van der Waals surface area contributed by atoms with Gasteiger partial charge in [0.1, 0.15) is 0 Å². The maximum Gasteiger partial charge on any atom is 0.305 e. The highest BCUT2D eigenvalue weighted by Crippen LogP contribution is 2.18. The number of fused-ring (bicyclic) bond motifs is 1. The second-order valence-corrected chi connectivity index (χ2v) is 5.07. The molecule has 118 valence electrons. The first kappa shape index (κ1) is 14.8.